The molecule has 0 rings (SSSR count). The molecule has 0 fully saturated rings. The molecule has 0 aromatic carbocycles. The van der Waals surface area contributed by atoms with E-state index < -0.39 is 13.9 Å². The van der Waals surface area contributed by atoms with Gasteiger partial charge in [-0.2, -0.15) is 0 Å². The van der Waals surface area contributed by atoms with Gasteiger partial charge in [-0.15, -0.1) is 0 Å². The van der Waals surface area contributed by atoms with Gasteiger partial charge in [-0.1, -0.05) is 212 Å². The Morgan fingerprint density at radius 3 is 1.37 bits per heavy atom. The molecule has 0 amide bonds. The lowest BCUT2D eigenvalue weighted by Crippen LogP contribution is -2.37. The van der Waals surface area contributed by atoms with Crippen molar-refractivity contribution in [3.63, 3.8) is 0 Å². The van der Waals surface area contributed by atoms with Crippen LogP contribution in [0.2, 0.25) is 0 Å². The minimum absolute atomic E-state index is 0.0897. The fraction of sp³-hybridized carbons (Fsp3) is 0.902. The van der Waals surface area contributed by atoms with Crippen LogP contribution in [-0.4, -0.2) is 75.6 Å². The SMILES string of the molecule is CCCCCC/C=C\C/C=C\CCCCCCCCCCOCC(COP(=O)(O)OCC[N+](C)(C)C)OC(=O)CCCCCCCCCCCCCCCCCCCCC. The van der Waals surface area contributed by atoms with Gasteiger partial charge in [0.15, 0.2) is 0 Å². The fourth-order valence-electron chi connectivity index (χ4n) is 7.29. The van der Waals surface area contributed by atoms with E-state index in [1.165, 1.54) is 180 Å². The number of phosphoric acid groups is 1. The van der Waals surface area contributed by atoms with Gasteiger partial charge in [-0.3, -0.25) is 13.8 Å². The summed E-state index contributed by atoms with van der Waals surface area (Å²) in [5.74, 6) is -0.311. The van der Waals surface area contributed by atoms with Crippen LogP contribution < -0.4 is 0 Å². The zero-order chi connectivity index (χ0) is 44.1. The van der Waals surface area contributed by atoms with Gasteiger partial charge in [0.1, 0.15) is 19.3 Å². The zero-order valence-electron chi connectivity index (χ0n) is 40.5. The average Bonchev–Trinajstić information content (AvgIpc) is 3.20. The molecule has 0 aromatic heterocycles. The molecule has 0 saturated carbocycles. The van der Waals surface area contributed by atoms with Crippen molar-refractivity contribution in [3.8, 4) is 0 Å². The first-order valence-corrected chi connectivity index (χ1v) is 27.1. The summed E-state index contributed by atoms with van der Waals surface area (Å²) in [7, 11) is 1.67. The summed E-state index contributed by atoms with van der Waals surface area (Å²) >= 11 is 0. The number of phosphoric ester groups is 1. The van der Waals surface area contributed by atoms with E-state index in [9.17, 15) is 14.3 Å². The molecule has 0 aromatic rings. The molecule has 0 saturated heterocycles. The Hall–Kier alpha value is -1.02. The Bertz CT molecular complexity index is 1010. The number of rotatable bonds is 48. The van der Waals surface area contributed by atoms with Crippen LogP contribution in [0.15, 0.2) is 24.3 Å². The van der Waals surface area contributed by atoms with E-state index in [1.807, 2.05) is 21.1 Å². The Morgan fingerprint density at radius 2 is 0.917 bits per heavy atom. The smallest absolute Gasteiger partial charge is 0.457 e. The molecule has 0 spiro atoms. The minimum Gasteiger partial charge on any atom is -0.457 e. The second-order valence-electron chi connectivity index (χ2n) is 18.6. The van der Waals surface area contributed by atoms with Gasteiger partial charge in [0, 0.05) is 13.0 Å². The highest BCUT2D eigenvalue weighted by atomic mass is 31.2. The quantitative estimate of drug-likeness (QED) is 0.0214. The molecular weight excluding hydrogens is 770 g/mol. The average molecular weight is 871 g/mol. The van der Waals surface area contributed by atoms with Crippen LogP contribution in [0.3, 0.4) is 0 Å². The molecule has 356 valence electrons. The molecule has 0 radical (unpaired) electrons. The summed E-state index contributed by atoms with van der Waals surface area (Å²) in [6.07, 6.45) is 52.2. The number of nitrogens with zero attached hydrogens (tertiary/aromatic N) is 1. The van der Waals surface area contributed by atoms with Gasteiger partial charge in [0.05, 0.1) is 34.4 Å². The van der Waals surface area contributed by atoms with Gasteiger partial charge < -0.3 is 18.9 Å². The molecular formula is C51H101NO7P+. The number of hydrogen-bond acceptors (Lipinski definition) is 6. The summed E-state index contributed by atoms with van der Waals surface area (Å²) in [6.45, 7) is 5.64. The lowest BCUT2D eigenvalue weighted by molar-refractivity contribution is -0.870. The maximum atomic E-state index is 12.8. The van der Waals surface area contributed by atoms with Crippen molar-refractivity contribution in [2.75, 3.05) is 54.1 Å². The minimum atomic E-state index is -4.28. The number of quaternary nitrogens is 1. The highest BCUT2D eigenvalue weighted by Crippen LogP contribution is 2.43. The van der Waals surface area contributed by atoms with Crippen molar-refractivity contribution in [3.05, 3.63) is 24.3 Å². The normalized spacial score (nSPS) is 13.8. The number of likely N-dealkylation sites (N-methyl/N-ethyl adjacent to an activating group) is 1. The van der Waals surface area contributed by atoms with Crippen molar-refractivity contribution in [2.45, 2.75) is 245 Å². The van der Waals surface area contributed by atoms with E-state index in [2.05, 4.69) is 38.2 Å². The lowest BCUT2D eigenvalue weighted by Gasteiger charge is -2.24. The van der Waals surface area contributed by atoms with Crippen molar-refractivity contribution < 1.29 is 37.3 Å². The van der Waals surface area contributed by atoms with Crippen LogP contribution in [0.4, 0.5) is 0 Å². The molecule has 1 N–H and O–H groups in total. The third-order valence-corrected chi connectivity index (χ3v) is 12.2. The third-order valence-electron chi connectivity index (χ3n) is 11.3. The van der Waals surface area contributed by atoms with Crippen molar-refractivity contribution in [1.29, 1.82) is 0 Å². The monoisotopic (exact) mass is 871 g/mol. The van der Waals surface area contributed by atoms with E-state index in [-0.39, 0.29) is 25.8 Å². The maximum Gasteiger partial charge on any atom is 0.472 e. The molecule has 60 heavy (non-hydrogen) atoms. The third kappa shape index (κ3) is 48.0. The fourth-order valence-corrected chi connectivity index (χ4v) is 8.03. The van der Waals surface area contributed by atoms with Crippen LogP contribution in [-0.2, 0) is 27.9 Å². The molecule has 0 bridgehead atoms. The number of unbranched alkanes of at least 4 members (excludes halogenated alkanes) is 30. The van der Waals surface area contributed by atoms with Crippen molar-refractivity contribution in [1.82, 2.24) is 0 Å². The van der Waals surface area contributed by atoms with Crippen LogP contribution in [0, 0.1) is 0 Å². The van der Waals surface area contributed by atoms with Gasteiger partial charge in [-0.05, 0) is 44.9 Å². The Morgan fingerprint density at radius 1 is 0.517 bits per heavy atom. The van der Waals surface area contributed by atoms with E-state index in [0.29, 0.717) is 24.1 Å². The summed E-state index contributed by atoms with van der Waals surface area (Å²) in [6, 6.07) is 0. The molecule has 0 aliphatic rings. The number of esters is 1. The van der Waals surface area contributed by atoms with Crippen LogP contribution in [0.1, 0.15) is 239 Å². The first-order valence-electron chi connectivity index (χ1n) is 25.6. The highest BCUT2D eigenvalue weighted by Gasteiger charge is 2.26. The summed E-state index contributed by atoms with van der Waals surface area (Å²) in [4.78, 5) is 23.0. The maximum absolute atomic E-state index is 12.8. The Balaban J connectivity index is 4.13. The summed E-state index contributed by atoms with van der Waals surface area (Å²) in [5, 5.41) is 0. The molecule has 2 atom stereocenters. The van der Waals surface area contributed by atoms with Gasteiger partial charge in [-0.25, -0.2) is 4.57 Å². The highest BCUT2D eigenvalue weighted by molar-refractivity contribution is 7.47. The Labute approximate surface area is 373 Å². The molecule has 9 heteroatoms. The number of carbonyl (C=O) groups excluding carboxylic acids is 1. The lowest BCUT2D eigenvalue weighted by atomic mass is 10.0. The topological polar surface area (TPSA) is 91.3 Å². The van der Waals surface area contributed by atoms with Gasteiger partial charge in [0.2, 0.25) is 0 Å². The van der Waals surface area contributed by atoms with E-state index >= 15 is 0 Å². The first kappa shape index (κ1) is 59.0. The molecule has 0 aliphatic carbocycles. The molecule has 0 aliphatic heterocycles. The number of ether oxygens (including phenoxy) is 2. The number of allylic oxidation sites excluding steroid dienone is 4. The molecule has 0 heterocycles. The molecule has 8 nitrogen and oxygen atoms in total. The van der Waals surface area contributed by atoms with Crippen molar-refractivity contribution >= 4 is 13.8 Å². The van der Waals surface area contributed by atoms with E-state index in [1.54, 1.807) is 0 Å². The second-order valence-corrected chi connectivity index (χ2v) is 20.0. The number of hydrogen-bond donors (Lipinski definition) is 1. The predicted molar refractivity (Wildman–Crippen MR) is 257 cm³/mol. The Kier molecular flexibility index (Phi) is 43.8. The van der Waals surface area contributed by atoms with Gasteiger partial charge in [0.25, 0.3) is 0 Å². The first-order chi connectivity index (χ1) is 29.1. The van der Waals surface area contributed by atoms with Crippen LogP contribution >= 0.6 is 7.82 Å². The zero-order valence-corrected chi connectivity index (χ0v) is 41.4. The van der Waals surface area contributed by atoms with E-state index in [0.717, 1.165) is 38.5 Å². The van der Waals surface area contributed by atoms with Crippen LogP contribution in [0.5, 0.6) is 0 Å². The second kappa shape index (κ2) is 44.6. The summed E-state index contributed by atoms with van der Waals surface area (Å²) < 4.78 is 35.2. The van der Waals surface area contributed by atoms with Gasteiger partial charge >= 0.3 is 13.8 Å². The standard InChI is InChI=1S/C51H100NO7P/c1-6-8-10-12-14-16-18-20-22-24-26-28-30-32-34-36-38-40-42-44-51(53)59-50(49-58-60(54,55)57-47-45-52(3,4)5)48-56-46-43-41-39-37-35-33-31-29-27-25-23-21-19-17-15-13-11-9-7-2/h17,19,23,25,50H,6-16,18,20-22,24,26-49H2,1-5H3/p+1/b19-17-,25-23-. The predicted octanol–water partition coefficient (Wildman–Crippen LogP) is 15.6. The van der Waals surface area contributed by atoms with Crippen LogP contribution in [0.25, 0.3) is 0 Å². The number of carbonyl (C=O) groups is 1. The van der Waals surface area contributed by atoms with E-state index in [4.69, 9.17) is 18.5 Å². The largest absolute Gasteiger partial charge is 0.472 e. The summed E-state index contributed by atoms with van der Waals surface area (Å²) in [5.41, 5.74) is 0. The van der Waals surface area contributed by atoms with Crippen molar-refractivity contribution in [2.24, 2.45) is 0 Å². The molecule has 2 unspecified atom stereocenters.